The van der Waals surface area contributed by atoms with Gasteiger partial charge in [0.2, 0.25) is 65.0 Å². The van der Waals surface area contributed by atoms with Gasteiger partial charge in [0.05, 0.1) is 18.6 Å². The number of carbonyl (C=O) groups is 14. The molecule has 0 saturated carbocycles. The molecule has 32 nitrogen and oxygen atoms in total. The third-order valence-corrected chi connectivity index (χ3v) is 18.3. The summed E-state index contributed by atoms with van der Waals surface area (Å²) >= 11 is 0. The van der Waals surface area contributed by atoms with Crippen molar-refractivity contribution in [2.75, 3.05) is 13.1 Å². The van der Waals surface area contributed by atoms with Crippen LogP contribution in [0.3, 0.4) is 0 Å². The van der Waals surface area contributed by atoms with Crippen molar-refractivity contribution < 1.29 is 97.4 Å². The monoisotopic (exact) mass is 1460 g/mol. The number of nitrogens with one attached hydrogen (secondary N) is 9. The van der Waals surface area contributed by atoms with Crippen molar-refractivity contribution in [1.29, 1.82) is 0 Å². The summed E-state index contributed by atoms with van der Waals surface area (Å²) in [5, 5.41) is 74.1. The maximum absolute atomic E-state index is 14.8. The van der Waals surface area contributed by atoms with Crippen molar-refractivity contribution in [1.82, 2.24) is 52.8 Å². The van der Waals surface area contributed by atoms with Crippen LogP contribution in [-0.2, 0) is 80.0 Å². The van der Waals surface area contributed by atoms with Crippen molar-refractivity contribution in [2.24, 2.45) is 23.3 Å². The number of ether oxygens (including phenoxy) is 1. The summed E-state index contributed by atoms with van der Waals surface area (Å²) in [5.41, 5.74) is 12.0. The van der Waals surface area contributed by atoms with Crippen LogP contribution in [-0.4, -0.2) is 199 Å². The van der Waals surface area contributed by atoms with Crippen LogP contribution in [0.25, 0.3) is 0 Å². The third-order valence-electron chi connectivity index (χ3n) is 18.3. The first-order valence-corrected chi connectivity index (χ1v) is 36.2. The Kier molecular flexibility index (Phi) is 37.7. The van der Waals surface area contributed by atoms with Crippen LogP contribution in [0.2, 0.25) is 0 Å². The van der Waals surface area contributed by atoms with Gasteiger partial charge in [-0.3, -0.25) is 62.3 Å². The molecule has 13 atom stereocenters. The number of hydrogen-bond donors (Lipinski definition) is 16. The largest absolute Gasteiger partial charge is 0.508 e. The molecular formula is C72H110N12O20. The molecular weight excluding hydrogens is 1350 g/mol. The number of aliphatic hydroxyl groups excluding tert-OH is 2. The van der Waals surface area contributed by atoms with E-state index in [1.165, 1.54) is 74.7 Å². The molecule has 1 fully saturated rings. The number of phenolic OH excluding ortho intramolecular Hbond substituents is 1. The van der Waals surface area contributed by atoms with Crippen molar-refractivity contribution in [3.8, 4) is 11.5 Å². The quantitative estimate of drug-likeness (QED) is 0.0198. The number of benzene rings is 2. The highest BCUT2D eigenvalue weighted by Crippen LogP contribution is 2.23. The molecule has 32 heteroatoms. The number of carboxylic acid groups (broad SMARTS) is 2. The molecule has 18 N–H and O–H groups in total. The number of nitrogens with two attached hydrogens (primary N) is 2. The number of fused-ring (bicyclic) bond motifs is 23. The first-order chi connectivity index (χ1) is 49.3. The summed E-state index contributed by atoms with van der Waals surface area (Å²) in [6.07, 6.45) is 2.79. The predicted octanol–water partition coefficient (Wildman–Crippen LogP) is 0.939. The molecule has 2 aromatic carbocycles. The zero-order chi connectivity index (χ0) is 77.2. The summed E-state index contributed by atoms with van der Waals surface area (Å²) in [6, 6.07) is -4.88. The van der Waals surface area contributed by atoms with Crippen LogP contribution in [0.5, 0.6) is 11.5 Å². The van der Waals surface area contributed by atoms with Gasteiger partial charge in [0.1, 0.15) is 71.9 Å². The smallest absolute Gasteiger partial charge is 0.334 e. The second-order valence-electron chi connectivity index (χ2n) is 27.5. The zero-order valence-corrected chi connectivity index (χ0v) is 60.5. The Morgan fingerprint density at radius 2 is 1.17 bits per heavy atom. The summed E-state index contributed by atoms with van der Waals surface area (Å²) in [6.45, 7) is 10.1. The molecule has 3 heterocycles. The topological polar surface area (TPSA) is 513 Å². The van der Waals surface area contributed by atoms with Crippen molar-refractivity contribution >= 4 is 82.9 Å². The molecule has 11 amide bonds. The highest BCUT2D eigenvalue weighted by Gasteiger charge is 2.41. The Hall–Kier alpha value is -9.30. The Bertz CT molecular complexity index is 3210. The number of amides is 11. The number of aliphatic carboxylic acids is 2. The number of primary amides is 1. The number of aliphatic hydroxyl groups is 2. The number of aromatic hydroxyl groups is 1. The Morgan fingerprint density at radius 3 is 1.76 bits per heavy atom. The normalized spacial score (nSPS) is 22.0. The van der Waals surface area contributed by atoms with E-state index >= 15 is 0 Å². The van der Waals surface area contributed by atoms with E-state index in [4.69, 9.17) is 16.2 Å². The lowest BCUT2D eigenvalue weighted by Crippen LogP contribution is -2.62. The van der Waals surface area contributed by atoms with E-state index in [-0.39, 0.29) is 62.3 Å². The van der Waals surface area contributed by atoms with Gasteiger partial charge in [-0.05, 0) is 119 Å². The SMILES string of the molecule is CC[C@H](C)[C@H]1NC(=O)[C@H](Cc2ccc(O)cc2)NC(=O)[C@H](CCC(N)=O)NC(=O)[C@@H]2CCCN2C(=O)[C@@H](C)NC(=O)[C@H](CCC(=O)O)NC(=O)[C@@H]([C@H](C)O)NC(=O)[C@@H](NC(=O)[C@@H](CCCN)NC(=O)[C@H](CCC(=O)O)NC(=O)C[C@H](O)CCCCCCCCCCC(C)C)Cc2ccc(cc2)OC1=O. The lowest BCUT2D eigenvalue weighted by Gasteiger charge is -2.30. The van der Waals surface area contributed by atoms with E-state index in [0.717, 1.165) is 43.9 Å². The van der Waals surface area contributed by atoms with Crippen LogP contribution in [0.4, 0.5) is 0 Å². The highest BCUT2D eigenvalue weighted by molar-refractivity contribution is 5.99. The molecule has 1 saturated heterocycles. The van der Waals surface area contributed by atoms with Crippen molar-refractivity contribution in [3.63, 3.8) is 0 Å². The van der Waals surface area contributed by atoms with Gasteiger partial charge in [-0.15, -0.1) is 0 Å². The van der Waals surface area contributed by atoms with Crippen molar-refractivity contribution in [3.05, 3.63) is 59.7 Å². The minimum absolute atomic E-state index is 0.0229. The Morgan fingerprint density at radius 1 is 0.615 bits per heavy atom. The number of esters is 1. The van der Waals surface area contributed by atoms with Gasteiger partial charge in [-0.2, -0.15) is 0 Å². The minimum Gasteiger partial charge on any atom is -0.508 e. The number of carbonyl (C=O) groups excluding carboxylic acids is 12. The average molecular weight is 1460 g/mol. The van der Waals surface area contributed by atoms with Gasteiger partial charge in [-0.25, -0.2) is 4.79 Å². The Labute approximate surface area is 606 Å². The fourth-order valence-corrected chi connectivity index (χ4v) is 12.0. The predicted molar refractivity (Wildman–Crippen MR) is 379 cm³/mol. The standard InChI is InChI=1S/C72H110N12O20/c1-7-42(4)61-72(103)104-49-28-24-46(25-29-49)39-55(80-64(95)50(20-16-36-73)77-65(96)51(31-34-59(90)91)76-58(89)40-48(87)19-15-13-11-9-8-10-12-14-18-41(2)3)68(99)83-62(44(6)85)70(101)79-53(32-35-60(92)93)63(94)75-43(5)71(102)84-37-17-21-56(84)69(100)78-52(30-33-57(74)88)66(97)81-54(67(98)82-61)38-45-22-26-47(86)27-23-45/h22-29,41-44,48,50-56,61-62,85-87H,7-21,30-40,73H2,1-6H3,(H2,74,88)(H,75,94)(H,76,89)(H,77,96)(H,78,100)(H,79,101)(H,80,95)(H,81,97)(H,82,98)(H,83,99)(H,90,91)(H,92,93)/t42-,43+,44-,48+,50+,51-,52-,53-,54-,55-,56-,61+,62+/m0/s1. The average Bonchev–Trinajstić information content (AvgIpc) is 1.44. The van der Waals surface area contributed by atoms with Crippen LogP contribution in [0.15, 0.2) is 48.5 Å². The molecule has 5 rings (SSSR count). The molecule has 0 spiro atoms. The molecule has 578 valence electrons. The van der Waals surface area contributed by atoms with Crippen LogP contribution >= 0.6 is 0 Å². The van der Waals surface area contributed by atoms with E-state index in [1.54, 1.807) is 13.8 Å². The number of hydrogen-bond acceptors (Lipinski definition) is 19. The zero-order valence-electron chi connectivity index (χ0n) is 60.5. The lowest BCUT2D eigenvalue weighted by molar-refractivity contribution is -0.143. The van der Waals surface area contributed by atoms with Crippen LogP contribution in [0.1, 0.15) is 194 Å². The fraction of sp³-hybridized carbons (Fsp3) is 0.639. The van der Waals surface area contributed by atoms with Crippen LogP contribution in [0, 0.1) is 11.8 Å². The van der Waals surface area contributed by atoms with Gasteiger partial charge in [0, 0.05) is 38.6 Å². The maximum Gasteiger partial charge on any atom is 0.334 e. The number of phenols is 1. The summed E-state index contributed by atoms with van der Waals surface area (Å²) in [7, 11) is 0. The van der Waals surface area contributed by atoms with Crippen LogP contribution < -0.4 is 64.1 Å². The second kappa shape index (κ2) is 45.0. The number of unbranched alkanes of at least 4 members (excludes halogenated alkanes) is 7. The Balaban J connectivity index is 1.75. The van der Waals surface area contributed by atoms with Gasteiger partial charge >= 0.3 is 17.9 Å². The van der Waals surface area contributed by atoms with Crippen molar-refractivity contribution in [2.45, 2.75) is 268 Å². The molecule has 3 aliphatic heterocycles. The van der Waals surface area contributed by atoms with E-state index < -0.39 is 213 Å². The van der Waals surface area contributed by atoms with E-state index in [0.29, 0.717) is 30.7 Å². The van der Waals surface area contributed by atoms with Gasteiger partial charge in [-0.1, -0.05) is 116 Å². The molecule has 0 aromatic heterocycles. The van der Waals surface area contributed by atoms with E-state index in [1.807, 2.05) is 0 Å². The summed E-state index contributed by atoms with van der Waals surface area (Å²) in [4.78, 5) is 195. The molecule has 2 bridgehead atoms. The molecule has 2 aromatic rings. The first kappa shape index (κ1) is 87.1. The molecule has 0 aliphatic carbocycles. The summed E-state index contributed by atoms with van der Waals surface area (Å²) < 4.78 is 5.82. The number of nitrogens with zero attached hydrogens (tertiary/aromatic N) is 1. The van der Waals surface area contributed by atoms with Gasteiger partial charge < -0.3 is 94.5 Å². The third kappa shape index (κ3) is 31.0. The molecule has 0 radical (unpaired) electrons. The molecule has 104 heavy (non-hydrogen) atoms. The maximum atomic E-state index is 14.8. The number of carboxylic acids is 2. The van der Waals surface area contributed by atoms with E-state index in [9.17, 15) is 92.7 Å². The summed E-state index contributed by atoms with van der Waals surface area (Å²) in [5.74, 6) is -14.7. The van der Waals surface area contributed by atoms with E-state index in [2.05, 4.69) is 61.7 Å². The second-order valence-corrected chi connectivity index (χ2v) is 27.5. The number of rotatable bonds is 35. The first-order valence-electron chi connectivity index (χ1n) is 36.2. The molecule has 3 aliphatic rings. The minimum atomic E-state index is -1.98. The highest BCUT2D eigenvalue weighted by atomic mass is 16.5. The van der Waals surface area contributed by atoms with Gasteiger partial charge in [0.15, 0.2) is 0 Å². The molecule has 0 unspecified atom stereocenters. The fourth-order valence-electron chi connectivity index (χ4n) is 12.0. The lowest BCUT2D eigenvalue weighted by atomic mass is 9.97. The van der Waals surface area contributed by atoms with Gasteiger partial charge in [0.25, 0.3) is 0 Å².